The first-order valence-corrected chi connectivity index (χ1v) is 7.25. The molecular weight excluding hydrogens is 236 g/mol. The van der Waals surface area contributed by atoms with Crippen LogP contribution in [0.3, 0.4) is 0 Å². The predicted octanol–water partition coefficient (Wildman–Crippen LogP) is 1.87. The lowest BCUT2D eigenvalue weighted by Crippen LogP contribution is -2.51. The second-order valence-corrected chi connectivity index (χ2v) is 6.22. The Morgan fingerprint density at radius 1 is 1.42 bits per heavy atom. The lowest BCUT2D eigenvalue weighted by Gasteiger charge is -2.38. The summed E-state index contributed by atoms with van der Waals surface area (Å²) in [5.41, 5.74) is 1.83. The zero-order chi connectivity index (χ0) is 13.9. The minimum Gasteiger partial charge on any atom is -0.387 e. The molecule has 3 N–H and O–H groups in total. The van der Waals surface area contributed by atoms with E-state index >= 15 is 0 Å². The molecule has 0 saturated carbocycles. The molecule has 0 spiro atoms. The average Bonchev–Trinajstić information content (AvgIpc) is 2.37. The van der Waals surface area contributed by atoms with E-state index in [4.69, 9.17) is 0 Å². The van der Waals surface area contributed by atoms with Gasteiger partial charge in [-0.2, -0.15) is 0 Å². The van der Waals surface area contributed by atoms with E-state index < -0.39 is 5.60 Å². The molecule has 0 bridgehead atoms. The summed E-state index contributed by atoms with van der Waals surface area (Å²) in [6, 6.07) is 8.44. The fraction of sp³-hybridized carbons (Fsp3) is 0.625. The summed E-state index contributed by atoms with van der Waals surface area (Å²) < 4.78 is 0. The Balaban J connectivity index is 2.08. The highest BCUT2D eigenvalue weighted by molar-refractivity contribution is 5.34. The normalized spacial score (nSPS) is 22.1. The molecule has 1 aliphatic heterocycles. The fourth-order valence-corrected chi connectivity index (χ4v) is 2.78. The van der Waals surface area contributed by atoms with Gasteiger partial charge in [-0.25, -0.2) is 0 Å². The number of fused-ring (bicyclic) bond motifs is 1. The lowest BCUT2D eigenvalue weighted by molar-refractivity contribution is 0.0163. The largest absolute Gasteiger partial charge is 0.387 e. The highest BCUT2D eigenvalue weighted by atomic mass is 16.3. The Bertz CT molecular complexity index is 415. The Morgan fingerprint density at radius 2 is 2.16 bits per heavy atom. The molecule has 0 fully saturated rings. The van der Waals surface area contributed by atoms with E-state index in [0.717, 1.165) is 19.5 Å². The van der Waals surface area contributed by atoms with Crippen LogP contribution in [0.5, 0.6) is 0 Å². The molecule has 2 rings (SSSR count). The van der Waals surface area contributed by atoms with E-state index in [1.54, 1.807) is 0 Å². The SMILES string of the molecule is CC(C)CNCC(C)(O)C1NCCc2ccccc21. The summed E-state index contributed by atoms with van der Waals surface area (Å²) in [5.74, 6) is 0.599. The third kappa shape index (κ3) is 3.56. The van der Waals surface area contributed by atoms with E-state index in [1.165, 1.54) is 11.1 Å². The van der Waals surface area contributed by atoms with E-state index in [2.05, 4.69) is 48.7 Å². The first-order chi connectivity index (χ1) is 9.00. The minimum absolute atomic E-state index is 0.0112. The van der Waals surface area contributed by atoms with Crippen molar-refractivity contribution in [1.29, 1.82) is 0 Å². The maximum absolute atomic E-state index is 10.8. The van der Waals surface area contributed by atoms with Gasteiger partial charge in [0.25, 0.3) is 0 Å². The molecule has 1 aromatic rings. The molecule has 1 heterocycles. The van der Waals surface area contributed by atoms with Crippen LogP contribution in [0, 0.1) is 5.92 Å². The van der Waals surface area contributed by atoms with Crippen LogP contribution >= 0.6 is 0 Å². The topological polar surface area (TPSA) is 44.3 Å². The summed E-state index contributed by atoms with van der Waals surface area (Å²) in [5, 5.41) is 17.6. The molecule has 1 aromatic carbocycles. The van der Waals surface area contributed by atoms with E-state index in [9.17, 15) is 5.11 Å². The van der Waals surface area contributed by atoms with Gasteiger partial charge in [-0.15, -0.1) is 0 Å². The van der Waals surface area contributed by atoms with Gasteiger partial charge in [0.15, 0.2) is 0 Å². The Kier molecular flexibility index (Phi) is 4.61. The summed E-state index contributed by atoms with van der Waals surface area (Å²) in [6.07, 6.45) is 1.04. The number of hydrogen-bond donors (Lipinski definition) is 3. The van der Waals surface area contributed by atoms with Crippen LogP contribution < -0.4 is 10.6 Å². The van der Waals surface area contributed by atoms with E-state index in [1.807, 2.05) is 6.92 Å². The summed E-state index contributed by atoms with van der Waals surface area (Å²) in [6.45, 7) is 8.75. The zero-order valence-electron chi connectivity index (χ0n) is 12.2. The fourth-order valence-electron chi connectivity index (χ4n) is 2.78. The molecule has 19 heavy (non-hydrogen) atoms. The van der Waals surface area contributed by atoms with Gasteiger partial charge in [-0.05, 0) is 43.5 Å². The first-order valence-electron chi connectivity index (χ1n) is 7.25. The lowest BCUT2D eigenvalue weighted by atomic mass is 9.84. The molecule has 2 unspecified atom stereocenters. The highest BCUT2D eigenvalue weighted by Crippen LogP contribution is 2.31. The number of hydrogen-bond acceptors (Lipinski definition) is 3. The third-order valence-corrected chi connectivity index (χ3v) is 3.77. The molecule has 0 amide bonds. The summed E-state index contributed by atoms with van der Waals surface area (Å²) in [4.78, 5) is 0. The molecule has 0 saturated heterocycles. The second kappa shape index (κ2) is 6.04. The third-order valence-electron chi connectivity index (χ3n) is 3.77. The monoisotopic (exact) mass is 262 g/mol. The first kappa shape index (κ1) is 14.5. The highest BCUT2D eigenvalue weighted by Gasteiger charge is 2.35. The molecule has 2 atom stereocenters. The van der Waals surface area contributed by atoms with Gasteiger partial charge in [0.2, 0.25) is 0 Å². The van der Waals surface area contributed by atoms with Crippen molar-refractivity contribution < 1.29 is 5.11 Å². The average molecular weight is 262 g/mol. The number of rotatable bonds is 5. The number of aliphatic hydroxyl groups is 1. The molecule has 0 aliphatic carbocycles. The maximum atomic E-state index is 10.8. The molecule has 106 valence electrons. The Labute approximate surface area is 116 Å². The van der Waals surface area contributed by atoms with Gasteiger partial charge in [0.1, 0.15) is 0 Å². The van der Waals surface area contributed by atoms with Crippen molar-refractivity contribution in [2.24, 2.45) is 5.92 Å². The van der Waals surface area contributed by atoms with Crippen molar-refractivity contribution in [2.45, 2.75) is 38.8 Å². The van der Waals surface area contributed by atoms with Crippen molar-refractivity contribution in [3.05, 3.63) is 35.4 Å². The van der Waals surface area contributed by atoms with Crippen molar-refractivity contribution in [1.82, 2.24) is 10.6 Å². The van der Waals surface area contributed by atoms with Gasteiger partial charge in [0.05, 0.1) is 11.6 Å². The van der Waals surface area contributed by atoms with Crippen LogP contribution in [-0.4, -0.2) is 30.3 Å². The molecule has 0 aromatic heterocycles. The van der Waals surface area contributed by atoms with Crippen LogP contribution in [0.1, 0.15) is 37.9 Å². The van der Waals surface area contributed by atoms with Crippen molar-refractivity contribution in [2.75, 3.05) is 19.6 Å². The van der Waals surface area contributed by atoms with Crippen LogP contribution in [0.25, 0.3) is 0 Å². The molecule has 0 radical (unpaired) electrons. The van der Waals surface area contributed by atoms with Crippen LogP contribution in [0.15, 0.2) is 24.3 Å². The maximum Gasteiger partial charge on any atom is 0.0937 e. The minimum atomic E-state index is -0.772. The van der Waals surface area contributed by atoms with Gasteiger partial charge in [-0.3, -0.25) is 0 Å². The Morgan fingerprint density at radius 3 is 2.89 bits per heavy atom. The van der Waals surface area contributed by atoms with Gasteiger partial charge in [-0.1, -0.05) is 38.1 Å². The summed E-state index contributed by atoms with van der Waals surface area (Å²) in [7, 11) is 0. The predicted molar refractivity (Wildman–Crippen MR) is 79.2 cm³/mol. The quantitative estimate of drug-likeness (QED) is 0.759. The van der Waals surface area contributed by atoms with Crippen molar-refractivity contribution >= 4 is 0 Å². The van der Waals surface area contributed by atoms with E-state index in [-0.39, 0.29) is 6.04 Å². The zero-order valence-corrected chi connectivity index (χ0v) is 12.2. The molecule has 3 nitrogen and oxygen atoms in total. The van der Waals surface area contributed by atoms with Crippen LogP contribution in [0.4, 0.5) is 0 Å². The van der Waals surface area contributed by atoms with Gasteiger partial charge >= 0.3 is 0 Å². The second-order valence-electron chi connectivity index (χ2n) is 6.22. The van der Waals surface area contributed by atoms with Crippen LogP contribution in [-0.2, 0) is 6.42 Å². The molecular formula is C16H26N2O. The number of nitrogens with one attached hydrogen (secondary N) is 2. The van der Waals surface area contributed by atoms with Gasteiger partial charge < -0.3 is 15.7 Å². The van der Waals surface area contributed by atoms with Gasteiger partial charge in [0, 0.05) is 6.54 Å². The van der Waals surface area contributed by atoms with Crippen LogP contribution in [0.2, 0.25) is 0 Å². The standard InChI is InChI=1S/C16H26N2O/c1-12(2)10-17-11-16(3,19)15-14-7-5-4-6-13(14)8-9-18-15/h4-7,12,15,17-19H,8-11H2,1-3H3. The smallest absolute Gasteiger partial charge is 0.0937 e. The summed E-state index contributed by atoms with van der Waals surface area (Å²) >= 11 is 0. The number of benzene rings is 1. The Hall–Kier alpha value is -0.900. The molecule has 1 aliphatic rings. The molecule has 3 heteroatoms. The van der Waals surface area contributed by atoms with Crippen molar-refractivity contribution in [3.8, 4) is 0 Å². The van der Waals surface area contributed by atoms with Crippen molar-refractivity contribution in [3.63, 3.8) is 0 Å². The van der Waals surface area contributed by atoms with E-state index in [0.29, 0.717) is 12.5 Å².